The van der Waals surface area contributed by atoms with Gasteiger partial charge in [-0.15, -0.1) is 0 Å². The number of nitrogens with one attached hydrogen (secondary N) is 1. The number of nitrogens with zero attached hydrogens (tertiary/aromatic N) is 1. The minimum Gasteiger partial charge on any atom is -0.383 e. The quantitative estimate of drug-likeness (QED) is 0.642. The van der Waals surface area contributed by atoms with Crippen LogP contribution in [0, 0.1) is 0 Å². The van der Waals surface area contributed by atoms with Crippen molar-refractivity contribution in [1.29, 1.82) is 0 Å². The zero-order chi connectivity index (χ0) is 11.6. The van der Waals surface area contributed by atoms with Crippen LogP contribution < -0.4 is 5.32 Å². The predicted molar refractivity (Wildman–Crippen MR) is 68.9 cm³/mol. The molecular formula is C13H28N2O. The van der Waals surface area contributed by atoms with Crippen LogP contribution in [0.3, 0.4) is 0 Å². The lowest BCUT2D eigenvalue weighted by Gasteiger charge is -2.26. The molecule has 1 atom stereocenters. The van der Waals surface area contributed by atoms with Gasteiger partial charge in [0.15, 0.2) is 0 Å². The summed E-state index contributed by atoms with van der Waals surface area (Å²) in [6.45, 7) is 8.06. The molecule has 3 nitrogen and oxygen atoms in total. The molecule has 0 aromatic rings. The smallest absolute Gasteiger partial charge is 0.0615 e. The topological polar surface area (TPSA) is 24.5 Å². The van der Waals surface area contributed by atoms with E-state index in [1.165, 1.54) is 45.3 Å². The number of rotatable bonds is 8. The first-order valence-corrected chi connectivity index (χ1v) is 6.81. The molecule has 1 rings (SSSR count). The molecule has 0 aromatic heterocycles. The van der Waals surface area contributed by atoms with Crippen LogP contribution in [0.2, 0.25) is 0 Å². The van der Waals surface area contributed by atoms with Gasteiger partial charge in [-0.05, 0) is 51.9 Å². The first-order valence-electron chi connectivity index (χ1n) is 6.81. The summed E-state index contributed by atoms with van der Waals surface area (Å²) in [6, 6.07) is 0.534. The van der Waals surface area contributed by atoms with Crippen molar-refractivity contribution < 1.29 is 4.74 Å². The minimum absolute atomic E-state index is 0.534. The molecule has 1 unspecified atom stereocenters. The molecule has 96 valence electrons. The van der Waals surface area contributed by atoms with Crippen molar-refractivity contribution in [3.8, 4) is 0 Å². The Bertz CT molecular complexity index is 151. The van der Waals surface area contributed by atoms with Gasteiger partial charge in [-0.25, -0.2) is 0 Å². The molecule has 0 radical (unpaired) electrons. The lowest BCUT2D eigenvalue weighted by atomic mass is 10.1. The third-order valence-electron chi connectivity index (χ3n) is 3.39. The van der Waals surface area contributed by atoms with Gasteiger partial charge in [0.05, 0.1) is 6.61 Å². The van der Waals surface area contributed by atoms with Gasteiger partial charge >= 0.3 is 0 Å². The number of methoxy groups -OCH3 is 1. The third kappa shape index (κ3) is 5.83. The second-order valence-electron chi connectivity index (χ2n) is 4.77. The molecule has 0 spiro atoms. The van der Waals surface area contributed by atoms with Gasteiger partial charge in [-0.3, -0.25) is 0 Å². The SMILES string of the molecule is CCC(COC)NCCCN1CCCCC1. The number of ether oxygens (including phenoxy) is 1. The van der Waals surface area contributed by atoms with Crippen molar-refractivity contribution >= 4 is 0 Å². The summed E-state index contributed by atoms with van der Waals surface area (Å²) in [7, 11) is 1.78. The Hall–Kier alpha value is -0.120. The van der Waals surface area contributed by atoms with Crippen LogP contribution in [0.1, 0.15) is 39.0 Å². The molecule has 0 aliphatic carbocycles. The first-order chi connectivity index (χ1) is 7.86. The van der Waals surface area contributed by atoms with E-state index >= 15 is 0 Å². The van der Waals surface area contributed by atoms with Gasteiger partial charge in [-0.2, -0.15) is 0 Å². The number of likely N-dealkylation sites (tertiary alicyclic amines) is 1. The summed E-state index contributed by atoms with van der Waals surface area (Å²) in [5, 5.41) is 3.56. The monoisotopic (exact) mass is 228 g/mol. The van der Waals surface area contributed by atoms with Gasteiger partial charge in [0, 0.05) is 13.2 Å². The highest BCUT2D eigenvalue weighted by molar-refractivity contribution is 4.67. The van der Waals surface area contributed by atoms with Crippen molar-refractivity contribution in [1.82, 2.24) is 10.2 Å². The van der Waals surface area contributed by atoms with Crippen LogP contribution >= 0.6 is 0 Å². The normalized spacial score (nSPS) is 19.9. The van der Waals surface area contributed by atoms with Crippen molar-refractivity contribution in [3.05, 3.63) is 0 Å². The number of hydrogen-bond acceptors (Lipinski definition) is 3. The fraction of sp³-hybridized carbons (Fsp3) is 1.00. The number of piperidine rings is 1. The Balaban J connectivity index is 1.97. The molecule has 1 aliphatic rings. The van der Waals surface area contributed by atoms with E-state index in [-0.39, 0.29) is 0 Å². The molecule has 0 saturated carbocycles. The standard InChI is InChI=1S/C13H28N2O/c1-3-13(12-16-2)14-8-7-11-15-9-5-4-6-10-15/h13-14H,3-12H2,1-2H3. The second-order valence-corrected chi connectivity index (χ2v) is 4.77. The summed E-state index contributed by atoms with van der Waals surface area (Å²) in [5.74, 6) is 0. The Morgan fingerprint density at radius 3 is 2.62 bits per heavy atom. The lowest BCUT2D eigenvalue weighted by molar-refractivity contribution is 0.162. The van der Waals surface area contributed by atoms with Crippen molar-refractivity contribution in [3.63, 3.8) is 0 Å². The molecule has 3 heteroatoms. The molecule has 1 heterocycles. The van der Waals surface area contributed by atoms with Crippen LogP contribution in [0.4, 0.5) is 0 Å². The molecule has 1 fully saturated rings. The van der Waals surface area contributed by atoms with E-state index in [9.17, 15) is 0 Å². The summed E-state index contributed by atoms with van der Waals surface area (Å²) >= 11 is 0. The van der Waals surface area contributed by atoms with E-state index in [1.807, 2.05) is 0 Å². The fourth-order valence-electron chi connectivity index (χ4n) is 2.31. The highest BCUT2D eigenvalue weighted by Crippen LogP contribution is 2.08. The van der Waals surface area contributed by atoms with Gasteiger partial charge in [-0.1, -0.05) is 13.3 Å². The zero-order valence-corrected chi connectivity index (χ0v) is 11.0. The van der Waals surface area contributed by atoms with Gasteiger partial charge in [0.2, 0.25) is 0 Å². The Morgan fingerprint density at radius 2 is 2.00 bits per heavy atom. The Kier molecular flexibility index (Phi) is 7.81. The average Bonchev–Trinajstić information content (AvgIpc) is 2.34. The molecule has 0 bridgehead atoms. The van der Waals surface area contributed by atoms with Crippen LogP contribution in [0.15, 0.2) is 0 Å². The molecule has 1 aliphatic heterocycles. The molecule has 16 heavy (non-hydrogen) atoms. The molecule has 0 aromatic carbocycles. The predicted octanol–water partition coefficient (Wildman–Crippen LogP) is 1.88. The Labute approximate surface area is 101 Å². The number of hydrogen-bond donors (Lipinski definition) is 1. The third-order valence-corrected chi connectivity index (χ3v) is 3.39. The largest absolute Gasteiger partial charge is 0.383 e. The van der Waals surface area contributed by atoms with E-state index in [0.717, 1.165) is 19.6 Å². The zero-order valence-electron chi connectivity index (χ0n) is 11.0. The molecular weight excluding hydrogens is 200 g/mol. The molecule has 1 N–H and O–H groups in total. The maximum Gasteiger partial charge on any atom is 0.0615 e. The van der Waals surface area contributed by atoms with Crippen molar-refractivity contribution in [2.45, 2.75) is 45.1 Å². The van der Waals surface area contributed by atoms with E-state index < -0.39 is 0 Å². The molecule has 0 amide bonds. The molecule has 1 saturated heterocycles. The van der Waals surface area contributed by atoms with Crippen molar-refractivity contribution in [2.75, 3.05) is 39.9 Å². The summed E-state index contributed by atoms with van der Waals surface area (Å²) in [4.78, 5) is 2.60. The summed E-state index contributed by atoms with van der Waals surface area (Å²) in [5.41, 5.74) is 0. The van der Waals surface area contributed by atoms with E-state index in [2.05, 4.69) is 17.1 Å². The minimum atomic E-state index is 0.534. The second kappa shape index (κ2) is 8.97. The van der Waals surface area contributed by atoms with E-state index in [0.29, 0.717) is 6.04 Å². The van der Waals surface area contributed by atoms with Gasteiger partial charge in [0.25, 0.3) is 0 Å². The van der Waals surface area contributed by atoms with Crippen LogP contribution in [0.5, 0.6) is 0 Å². The summed E-state index contributed by atoms with van der Waals surface area (Å²) in [6.07, 6.45) is 6.64. The van der Waals surface area contributed by atoms with Gasteiger partial charge < -0.3 is 15.0 Å². The van der Waals surface area contributed by atoms with Crippen molar-refractivity contribution in [2.24, 2.45) is 0 Å². The first kappa shape index (κ1) is 13.9. The maximum atomic E-state index is 5.17. The van der Waals surface area contributed by atoms with Crippen LogP contribution in [-0.4, -0.2) is 50.8 Å². The maximum absolute atomic E-state index is 5.17. The highest BCUT2D eigenvalue weighted by Gasteiger charge is 2.09. The fourth-order valence-corrected chi connectivity index (χ4v) is 2.31. The van der Waals surface area contributed by atoms with Crippen LogP contribution in [0.25, 0.3) is 0 Å². The van der Waals surface area contributed by atoms with E-state index in [4.69, 9.17) is 4.74 Å². The van der Waals surface area contributed by atoms with E-state index in [1.54, 1.807) is 7.11 Å². The average molecular weight is 228 g/mol. The summed E-state index contributed by atoms with van der Waals surface area (Å²) < 4.78 is 5.17. The Morgan fingerprint density at radius 1 is 1.25 bits per heavy atom. The highest BCUT2D eigenvalue weighted by atomic mass is 16.5. The van der Waals surface area contributed by atoms with Gasteiger partial charge in [0.1, 0.15) is 0 Å². The lowest BCUT2D eigenvalue weighted by Crippen LogP contribution is -2.36. The van der Waals surface area contributed by atoms with Crippen LogP contribution in [-0.2, 0) is 4.74 Å².